The van der Waals surface area contributed by atoms with Gasteiger partial charge in [-0.1, -0.05) is 34.1 Å². The third-order valence-corrected chi connectivity index (χ3v) is 4.71. The smallest absolute Gasteiger partial charge is 0.0477 e. The molecule has 2 aromatic rings. The number of rotatable bonds is 4. The molecule has 2 unspecified atom stereocenters. The third-order valence-electron chi connectivity index (χ3n) is 4.22. The second kappa shape index (κ2) is 6.69. The van der Waals surface area contributed by atoms with Crippen molar-refractivity contribution in [1.29, 1.82) is 0 Å². The van der Waals surface area contributed by atoms with Crippen LogP contribution in [0, 0.1) is 0 Å². The Morgan fingerprint density at radius 2 is 2.24 bits per heavy atom. The molecule has 2 N–H and O–H groups in total. The van der Waals surface area contributed by atoms with Gasteiger partial charge in [0.1, 0.15) is 0 Å². The van der Waals surface area contributed by atoms with Gasteiger partial charge in [0.25, 0.3) is 0 Å². The summed E-state index contributed by atoms with van der Waals surface area (Å²) in [5, 5.41) is 0. The fourth-order valence-corrected chi connectivity index (χ4v) is 3.69. The molecule has 4 heteroatoms. The van der Waals surface area contributed by atoms with E-state index in [1.807, 2.05) is 18.5 Å². The largest absolute Gasteiger partial charge is 0.329 e. The molecule has 1 aromatic carbocycles. The molecule has 2 heterocycles. The fourth-order valence-electron chi connectivity index (χ4n) is 3.27. The molecule has 1 aliphatic rings. The number of aromatic nitrogens is 1. The van der Waals surface area contributed by atoms with Crippen molar-refractivity contribution < 1.29 is 0 Å². The predicted octanol–water partition coefficient (Wildman–Crippen LogP) is 3.68. The average molecular weight is 346 g/mol. The maximum Gasteiger partial charge on any atom is 0.0477 e. The molecular formula is C17H20BrN3. The van der Waals surface area contributed by atoms with Crippen LogP contribution < -0.4 is 5.73 Å². The zero-order chi connectivity index (χ0) is 14.7. The molecule has 0 aliphatic carbocycles. The molecule has 3 rings (SSSR count). The Labute approximate surface area is 134 Å². The fraction of sp³-hybridized carbons (Fsp3) is 0.353. The molecular weight excluding hydrogens is 326 g/mol. The number of nitrogens with zero attached hydrogens (tertiary/aromatic N) is 2. The summed E-state index contributed by atoms with van der Waals surface area (Å²) in [6.45, 7) is 1.72. The van der Waals surface area contributed by atoms with E-state index in [0.717, 1.165) is 11.0 Å². The van der Waals surface area contributed by atoms with Gasteiger partial charge in [-0.25, -0.2) is 0 Å². The first-order chi connectivity index (χ1) is 10.3. The van der Waals surface area contributed by atoms with Crippen LogP contribution >= 0.6 is 15.9 Å². The molecule has 1 aliphatic heterocycles. The van der Waals surface area contributed by atoms with Crippen molar-refractivity contribution >= 4 is 15.9 Å². The van der Waals surface area contributed by atoms with Crippen LogP contribution in [0.2, 0.25) is 0 Å². The van der Waals surface area contributed by atoms with Crippen LogP contribution in [0.3, 0.4) is 0 Å². The number of likely N-dealkylation sites (tertiary alicyclic amines) is 1. The summed E-state index contributed by atoms with van der Waals surface area (Å²) in [7, 11) is 0. The van der Waals surface area contributed by atoms with E-state index in [1.54, 1.807) is 0 Å². The monoisotopic (exact) mass is 345 g/mol. The van der Waals surface area contributed by atoms with Gasteiger partial charge >= 0.3 is 0 Å². The van der Waals surface area contributed by atoms with E-state index >= 15 is 0 Å². The lowest BCUT2D eigenvalue weighted by Gasteiger charge is -2.33. The maximum atomic E-state index is 6.10. The Hall–Kier alpha value is -1.23. The first-order valence-electron chi connectivity index (χ1n) is 7.41. The number of hydrogen-bond donors (Lipinski definition) is 1. The highest BCUT2D eigenvalue weighted by Gasteiger charge is 2.32. The predicted molar refractivity (Wildman–Crippen MR) is 88.9 cm³/mol. The van der Waals surface area contributed by atoms with Crippen LogP contribution in [0.1, 0.15) is 36.1 Å². The molecule has 1 aromatic heterocycles. The van der Waals surface area contributed by atoms with Gasteiger partial charge in [-0.2, -0.15) is 0 Å². The van der Waals surface area contributed by atoms with Crippen molar-refractivity contribution in [2.24, 2.45) is 5.73 Å². The third kappa shape index (κ3) is 3.18. The van der Waals surface area contributed by atoms with E-state index in [-0.39, 0.29) is 6.04 Å². The van der Waals surface area contributed by atoms with Crippen molar-refractivity contribution in [2.45, 2.75) is 24.9 Å². The Kier molecular flexibility index (Phi) is 4.68. The quantitative estimate of drug-likeness (QED) is 0.918. The van der Waals surface area contributed by atoms with E-state index in [4.69, 9.17) is 5.73 Å². The molecule has 0 amide bonds. The Balaban J connectivity index is 1.89. The molecule has 0 radical (unpaired) electrons. The normalized spacial score (nSPS) is 20.6. The van der Waals surface area contributed by atoms with Crippen molar-refractivity contribution in [3.8, 4) is 0 Å². The van der Waals surface area contributed by atoms with Gasteiger partial charge in [0.2, 0.25) is 0 Å². The summed E-state index contributed by atoms with van der Waals surface area (Å²) in [5.41, 5.74) is 8.68. The second-order valence-electron chi connectivity index (χ2n) is 5.49. The first kappa shape index (κ1) is 14.7. The molecule has 1 saturated heterocycles. The van der Waals surface area contributed by atoms with Crippen LogP contribution in [0.25, 0.3) is 0 Å². The van der Waals surface area contributed by atoms with E-state index in [9.17, 15) is 0 Å². The van der Waals surface area contributed by atoms with E-state index in [1.165, 1.54) is 24.0 Å². The van der Waals surface area contributed by atoms with Gasteiger partial charge in [-0.3, -0.25) is 9.88 Å². The van der Waals surface area contributed by atoms with Crippen molar-refractivity contribution in [1.82, 2.24) is 9.88 Å². The van der Waals surface area contributed by atoms with Crippen LogP contribution in [0.4, 0.5) is 0 Å². The van der Waals surface area contributed by atoms with Crippen LogP contribution in [0.5, 0.6) is 0 Å². The molecule has 1 fully saturated rings. The van der Waals surface area contributed by atoms with Gasteiger partial charge in [-0.15, -0.1) is 0 Å². The highest BCUT2D eigenvalue weighted by molar-refractivity contribution is 9.10. The molecule has 0 bridgehead atoms. The van der Waals surface area contributed by atoms with Crippen molar-refractivity contribution in [3.63, 3.8) is 0 Å². The Bertz CT molecular complexity index is 588. The zero-order valence-corrected chi connectivity index (χ0v) is 13.5. The van der Waals surface area contributed by atoms with Gasteiger partial charge in [0, 0.05) is 35.5 Å². The van der Waals surface area contributed by atoms with Gasteiger partial charge < -0.3 is 5.73 Å². The van der Waals surface area contributed by atoms with Crippen molar-refractivity contribution in [2.75, 3.05) is 13.1 Å². The summed E-state index contributed by atoms with van der Waals surface area (Å²) < 4.78 is 1.11. The lowest BCUT2D eigenvalue weighted by molar-refractivity contribution is 0.185. The van der Waals surface area contributed by atoms with Crippen LogP contribution in [0.15, 0.2) is 53.3 Å². The molecule has 0 spiro atoms. The van der Waals surface area contributed by atoms with E-state index in [0.29, 0.717) is 12.6 Å². The standard InChI is InChI=1S/C17H20BrN3/c18-15-6-1-4-13(10-15)17(11-19)21-9-3-7-16(21)14-5-2-8-20-12-14/h1-2,4-6,8,10,12,16-17H,3,7,9,11,19H2. The van der Waals surface area contributed by atoms with Crippen molar-refractivity contribution in [3.05, 3.63) is 64.4 Å². The molecule has 110 valence electrons. The summed E-state index contributed by atoms with van der Waals surface area (Å²) in [6.07, 6.45) is 6.20. The highest BCUT2D eigenvalue weighted by Crippen LogP contribution is 2.38. The number of halogens is 1. The Morgan fingerprint density at radius 3 is 2.95 bits per heavy atom. The van der Waals surface area contributed by atoms with Gasteiger partial charge in [-0.05, 0) is 48.7 Å². The summed E-state index contributed by atoms with van der Waals surface area (Å²) in [5.74, 6) is 0. The minimum atomic E-state index is 0.259. The zero-order valence-electron chi connectivity index (χ0n) is 12.0. The average Bonchev–Trinajstić information content (AvgIpc) is 2.98. The second-order valence-corrected chi connectivity index (χ2v) is 6.40. The summed E-state index contributed by atoms with van der Waals surface area (Å²) in [6, 6.07) is 13.3. The maximum absolute atomic E-state index is 6.10. The first-order valence-corrected chi connectivity index (χ1v) is 8.20. The SMILES string of the molecule is NCC(c1cccc(Br)c1)N1CCCC1c1cccnc1. The lowest BCUT2D eigenvalue weighted by atomic mass is 10.0. The van der Waals surface area contributed by atoms with Gasteiger partial charge in [0.05, 0.1) is 0 Å². The lowest BCUT2D eigenvalue weighted by Crippen LogP contribution is -2.33. The van der Waals surface area contributed by atoms with E-state index < -0.39 is 0 Å². The molecule has 21 heavy (non-hydrogen) atoms. The summed E-state index contributed by atoms with van der Waals surface area (Å²) in [4.78, 5) is 6.80. The van der Waals surface area contributed by atoms with E-state index in [2.05, 4.69) is 56.1 Å². The summed E-state index contributed by atoms with van der Waals surface area (Å²) >= 11 is 3.56. The molecule has 2 atom stereocenters. The molecule has 0 saturated carbocycles. The minimum Gasteiger partial charge on any atom is -0.329 e. The van der Waals surface area contributed by atoms with Crippen LogP contribution in [-0.4, -0.2) is 23.0 Å². The van der Waals surface area contributed by atoms with Crippen LogP contribution in [-0.2, 0) is 0 Å². The van der Waals surface area contributed by atoms with Gasteiger partial charge in [0.15, 0.2) is 0 Å². The Morgan fingerprint density at radius 1 is 1.33 bits per heavy atom. The minimum absolute atomic E-state index is 0.259. The number of benzene rings is 1. The molecule has 3 nitrogen and oxygen atoms in total. The topological polar surface area (TPSA) is 42.1 Å². The number of pyridine rings is 1. The highest BCUT2D eigenvalue weighted by atomic mass is 79.9. The number of hydrogen-bond acceptors (Lipinski definition) is 3. The number of nitrogens with two attached hydrogens (primary N) is 1.